The first-order valence-electron chi connectivity index (χ1n) is 10.9. The smallest absolute Gasteiger partial charge is 0.242 e. The molecule has 4 unspecified atom stereocenters. The van der Waals surface area contributed by atoms with Crippen LogP contribution in [0.4, 0.5) is 0 Å². The van der Waals surface area contributed by atoms with Crippen LogP contribution in [0.15, 0.2) is 0 Å². The summed E-state index contributed by atoms with van der Waals surface area (Å²) >= 11 is 0. The van der Waals surface area contributed by atoms with Crippen LogP contribution in [0, 0.1) is 11.8 Å². The van der Waals surface area contributed by atoms with Gasteiger partial charge in [0.25, 0.3) is 0 Å². The molecule has 1 aliphatic carbocycles. The van der Waals surface area contributed by atoms with Crippen molar-refractivity contribution >= 4 is 19.2 Å². The van der Waals surface area contributed by atoms with Gasteiger partial charge >= 0.3 is 0 Å². The lowest BCUT2D eigenvalue weighted by molar-refractivity contribution is -0.140. The van der Waals surface area contributed by atoms with E-state index in [0.29, 0.717) is 13.0 Å². The highest BCUT2D eigenvalue weighted by atomic mass is 31.2. The molecule has 5 N–H and O–H groups in total. The lowest BCUT2D eigenvalue weighted by Gasteiger charge is -2.28. The van der Waals surface area contributed by atoms with Crippen molar-refractivity contribution in [2.45, 2.75) is 77.0 Å². The van der Waals surface area contributed by atoms with Gasteiger partial charge < -0.3 is 26.0 Å². The molecule has 1 saturated heterocycles. The largest absolute Gasteiger partial charge is 0.391 e. The summed E-state index contributed by atoms with van der Waals surface area (Å²) in [6.07, 6.45) is 5.56. The Hall–Kier alpha value is -0.950. The molecule has 1 saturated carbocycles. The first kappa shape index (κ1) is 24.3. The van der Waals surface area contributed by atoms with E-state index in [1.165, 1.54) is 11.3 Å². The molecule has 0 aromatic heterocycles. The Morgan fingerprint density at radius 1 is 1.17 bits per heavy atom. The number of rotatable bonds is 9. The van der Waals surface area contributed by atoms with Crippen molar-refractivity contribution < 1.29 is 24.2 Å². The van der Waals surface area contributed by atoms with Gasteiger partial charge in [0, 0.05) is 19.3 Å². The third-order valence-corrected chi connectivity index (χ3v) is 8.20. The third-order valence-electron chi connectivity index (χ3n) is 6.12. The number of nitrogens with two attached hydrogens (primary N) is 1. The summed E-state index contributed by atoms with van der Waals surface area (Å²) in [6.45, 7) is 4.13. The summed E-state index contributed by atoms with van der Waals surface area (Å²) in [5.41, 5.74) is 5.95. The second-order valence-corrected chi connectivity index (χ2v) is 11.5. The van der Waals surface area contributed by atoms with Gasteiger partial charge in [0.1, 0.15) is 6.04 Å². The highest BCUT2D eigenvalue weighted by Gasteiger charge is 2.37. The van der Waals surface area contributed by atoms with Crippen LogP contribution >= 0.6 is 7.37 Å². The fourth-order valence-corrected chi connectivity index (χ4v) is 6.47. The van der Waals surface area contributed by atoms with E-state index in [-0.39, 0.29) is 42.5 Å². The molecule has 29 heavy (non-hydrogen) atoms. The Kier molecular flexibility index (Phi) is 9.14. The van der Waals surface area contributed by atoms with Gasteiger partial charge in [0.05, 0.1) is 18.3 Å². The van der Waals surface area contributed by atoms with Crippen molar-refractivity contribution in [1.29, 1.82) is 0 Å². The van der Waals surface area contributed by atoms with Gasteiger partial charge in [0.2, 0.25) is 19.2 Å². The third kappa shape index (κ3) is 7.35. The fraction of sp³-hybridized carbons (Fsp3) is 0.900. The average molecular weight is 432 g/mol. The van der Waals surface area contributed by atoms with Crippen LogP contribution in [0.1, 0.15) is 58.8 Å². The summed E-state index contributed by atoms with van der Waals surface area (Å²) in [4.78, 5) is 36.8. The molecule has 0 aromatic carbocycles. The van der Waals surface area contributed by atoms with Gasteiger partial charge in [-0.25, -0.2) is 0 Å². The van der Waals surface area contributed by atoms with E-state index in [4.69, 9.17) is 5.73 Å². The van der Waals surface area contributed by atoms with Crippen LogP contribution in [-0.2, 0) is 14.2 Å². The number of hydrogen-bond donors (Lipinski definition) is 4. The quantitative estimate of drug-likeness (QED) is 0.407. The Bertz CT molecular complexity index is 609. The van der Waals surface area contributed by atoms with Crippen LogP contribution < -0.4 is 11.1 Å². The number of amides is 2. The van der Waals surface area contributed by atoms with Gasteiger partial charge in [-0.3, -0.25) is 14.2 Å². The standard InChI is InChI=1S/C20H38N3O5P/c1-14(2)18(21)20(26)23-10-6-9-17(23)19(25)22-11-16(24)13-29(27,28)12-15-7-4-3-5-8-15/h14-18,24H,3-13,21H2,1-2H3,(H,22,25)(H,27,28). The van der Waals surface area contributed by atoms with Gasteiger partial charge in [0.15, 0.2) is 0 Å². The second kappa shape index (κ2) is 10.9. The molecule has 1 aliphatic heterocycles. The summed E-state index contributed by atoms with van der Waals surface area (Å²) < 4.78 is 12.5. The molecule has 2 rings (SSSR count). The molecule has 2 fully saturated rings. The van der Waals surface area contributed by atoms with E-state index in [1.54, 1.807) is 0 Å². The van der Waals surface area contributed by atoms with E-state index < -0.39 is 25.6 Å². The molecule has 1 heterocycles. The van der Waals surface area contributed by atoms with E-state index in [1.807, 2.05) is 13.8 Å². The maximum atomic E-state index is 12.6. The van der Waals surface area contributed by atoms with Gasteiger partial charge in [-0.15, -0.1) is 0 Å². The van der Waals surface area contributed by atoms with Crippen molar-refractivity contribution in [2.24, 2.45) is 17.6 Å². The highest BCUT2D eigenvalue weighted by molar-refractivity contribution is 7.58. The molecule has 0 aromatic rings. The summed E-state index contributed by atoms with van der Waals surface area (Å²) in [5, 5.41) is 12.8. The number of nitrogens with zero attached hydrogens (tertiary/aromatic N) is 1. The normalized spacial score (nSPS) is 24.9. The maximum Gasteiger partial charge on any atom is 0.242 e. The lowest BCUT2D eigenvalue weighted by Crippen LogP contribution is -2.53. The van der Waals surface area contributed by atoms with Crippen LogP contribution in [0.5, 0.6) is 0 Å². The molecule has 168 valence electrons. The van der Waals surface area contributed by atoms with E-state index in [0.717, 1.165) is 32.1 Å². The minimum atomic E-state index is -3.44. The molecule has 9 heteroatoms. The minimum Gasteiger partial charge on any atom is -0.391 e. The number of nitrogens with one attached hydrogen (secondary N) is 1. The molecule has 0 bridgehead atoms. The minimum absolute atomic E-state index is 0.0171. The average Bonchev–Trinajstić information content (AvgIpc) is 3.14. The molecule has 2 amide bonds. The zero-order chi connectivity index (χ0) is 21.6. The van der Waals surface area contributed by atoms with Gasteiger partial charge in [-0.2, -0.15) is 0 Å². The lowest BCUT2D eigenvalue weighted by atomic mass is 9.91. The predicted octanol–water partition coefficient (Wildman–Crippen LogP) is 1.29. The van der Waals surface area contributed by atoms with Crippen molar-refractivity contribution in [3.63, 3.8) is 0 Å². The van der Waals surface area contributed by atoms with Crippen molar-refractivity contribution in [1.82, 2.24) is 10.2 Å². The Balaban J connectivity index is 1.81. The number of likely N-dealkylation sites (tertiary alicyclic amines) is 1. The maximum absolute atomic E-state index is 12.6. The Labute approximate surface area is 174 Å². The van der Waals surface area contributed by atoms with E-state index >= 15 is 0 Å². The first-order valence-corrected chi connectivity index (χ1v) is 13.0. The molecule has 8 nitrogen and oxygen atoms in total. The van der Waals surface area contributed by atoms with Gasteiger partial charge in [-0.05, 0) is 37.5 Å². The highest BCUT2D eigenvalue weighted by Crippen LogP contribution is 2.45. The monoisotopic (exact) mass is 431 g/mol. The number of carbonyl (C=O) groups excluding carboxylic acids is 2. The fourth-order valence-electron chi connectivity index (χ4n) is 4.36. The van der Waals surface area contributed by atoms with Crippen molar-refractivity contribution in [3.8, 4) is 0 Å². The zero-order valence-electron chi connectivity index (χ0n) is 17.8. The topological polar surface area (TPSA) is 133 Å². The molecule has 2 aliphatic rings. The van der Waals surface area contributed by atoms with Gasteiger partial charge in [-0.1, -0.05) is 33.1 Å². The van der Waals surface area contributed by atoms with Crippen LogP contribution in [0.2, 0.25) is 0 Å². The number of aliphatic hydroxyl groups is 1. The predicted molar refractivity (Wildman–Crippen MR) is 113 cm³/mol. The van der Waals surface area contributed by atoms with Crippen LogP contribution in [0.25, 0.3) is 0 Å². The zero-order valence-corrected chi connectivity index (χ0v) is 18.7. The Morgan fingerprint density at radius 2 is 1.83 bits per heavy atom. The van der Waals surface area contributed by atoms with Crippen molar-refractivity contribution in [2.75, 3.05) is 25.4 Å². The summed E-state index contributed by atoms with van der Waals surface area (Å²) in [5.74, 6) is -0.336. The van der Waals surface area contributed by atoms with Crippen LogP contribution in [0.3, 0.4) is 0 Å². The SMILES string of the molecule is CC(C)C(N)C(=O)N1CCCC1C(=O)NCC(O)CP(=O)(O)CC1CCCCC1. The first-order chi connectivity index (χ1) is 13.6. The summed E-state index contributed by atoms with van der Waals surface area (Å²) in [7, 11) is -3.44. The Morgan fingerprint density at radius 3 is 2.45 bits per heavy atom. The second-order valence-electron chi connectivity index (χ2n) is 9.07. The number of aliphatic hydroxyl groups excluding tert-OH is 1. The number of carbonyl (C=O) groups is 2. The van der Waals surface area contributed by atoms with Crippen molar-refractivity contribution in [3.05, 3.63) is 0 Å². The van der Waals surface area contributed by atoms with Crippen LogP contribution in [-0.4, -0.2) is 70.3 Å². The van der Waals surface area contributed by atoms with E-state index in [9.17, 15) is 24.2 Å². The molecule has 4 atom stereocenters. The number of hydrogen-bond acceptors (Lipinski definition) is 5. The van der Waals surface area contributed by atoms with E-state index in [2.05, 4.69) is 5.32 Å². The molecular weight excluding hydrogens is 393 g/mol. The molecule has 0 radical (unpaired) electrons. The molecular formula is C20H38N3O5P. The summed E-state index contributed by atoms with van der Waals surface area (Å²) in [6, 6.07) is -1.24. The molecule has 0 spiro atoms.